The average molecular weight is 308 g/mol. The summed E-state index contributed by atoms with van der Waals surface area (Å²) in [4.78, 5) is 11.9. The van der Waals surface area contributed by atoms with Gasteiger partial charge in [-0.3, -0.25) is 4.79 Å². The van der Waals surface area contributed by atoms with Crippen LogP contribution in [-0.2, 0) is 6.42 Å². The first-order chi connectivity index (χ1) is 9.54. The van der Waals surface area contributed by atoms with Crippen LogP contribution < -0.4 is 5.32 Å². The van der Waals surface area contributed by atoms with E-state index in [0.717, 1.165) is 16.7 Å². The zero-order valence-corrected chi connectivity index (χ0v) is 12.8. The molecule has 1 N–H and O–H groups in total. The summed E-state index contributed by atoms with van der Waals surface area (Å²) in [7, 11) is 1.62. The molecule has 0 bridgehead atoms. The van der Waals surface area contributed by atoms with Crippen molar-refractivity contribution < 1.29 is 4.79 Å². The molecule has 2 nitrogen and oxygen atoms in total. The smallest absolute Gasteiger partial charge is 0.251 e. The van der Waals surface area contributed by atoms with Gasteiger partial charge in [-0.05, 0) is 35.7 Å². The normalized spacial score (nSPS) is 10.4. The summed E-state index contributed by atoms with van der Waals surface area (Å²) in [5.74, 6) is -0.111. The Labute approximate surface area is 128 Å². The number of carbonyl (C=O) groups excluding carboxylic acids is 1. The van der Waals surface area contributed by atoms with Gasteiger partial charge in [0.2, 0.25) is 0 Å². The lowest BCUT2D eigenvalue weighted by Crippen LogP contribution is -2.19. The van der Waals surface area contributed by atoms with Gasteiger partial charge in [0.05, 0.1) is 0 Å². The van der Waals surface area contributed by atoms with Crippen molar-refractivity contribution in [3.8, 4) is 0 Å². The minimum atomic E-state index is -0.111. The summed E-state index contributed by atoms with van der Waals surface area (Å²) < 4.78 is 0. The molecule has 20 heavy (non-hydrogen) atoms. The Hall–Kier alpha value is -1.51. The Morgan fingerprint density at radius 3 is 2.55 bits per heavy atom. The van der Waals surface area contributed by atoms with E-state index in [-0.39, 0.29) is 5.91 Å². The van der Waals surface area contributed by atoms with Crippen molar-refractivity contribution in [2.24, 2.45) is 0 Å². The van der Waals surface area contributed by atoms with Gasteiger partial charge < -0.3 is 5.32 Å². The Kier molecular flexibility index (Phi) is 4.69. The van der Waals surface area contributed by atoms with E-state index in [2.05, 4.69) is 5.32 Å². The molecule has 0 radical (unpaired) electrons. The van der Waals surface area contributed by atoms with Crippen LogP contribution >= 0.6 is 23.2 Å². The van der Waals surface area contributed by atoms with Crippen LogP contribution in [-0.4, -0.2) is 13.0 Å². The SMILES string of the molecule is CNC(=O)c1ccccc1Cc1c(Cl)ccc(C)c1Cl. The van der Waals surface area contributed by atoms with E-state index in [9.17, 15) is 4.79 Å². The van der Waals surface area contributed by atoms with Crippen LogP contribution in [0, 0.1) is 6.92 Å². The number of halogens is 2. The van der Waals surface area contributed by atoms with Gasteiger partial charge in [0.25, 0.3) is 5.91 Å². The first kappa shape index (κ1) is 14.9. The molecule has 0 aromatic heterocycles. The molecule has 0 saturated carbocycles. The molecule has 0 unspecified atom stereocenters. The summed E-state index contributed by atoms with van der Waals surface area (Å²) in [6, 6.07) is 11.2. The lowest BCUT2D eigenvalue weighted by molar-refractivity contribution is 0.0962. The molecular weight excluding hydrogens is 293 g/mol. The predicted molar refractivity (Wildman–Crippen MR) is 83.8 cm³/mol. The Morgan fingerprint density at radius 1 is 1.15 bits per heavy atom. The minimum Gasteiger partial charge on any atom is -0.355 e. The maximum atomic E-state index is 11.9. The number of amides is 1. The van der Waals surface area contributed by atoms with Crippen LogP contribution in [0.15, 0.2) is 36.4 Å². The van der Waals surface area contributed by atoms with Gasteiger partial charge in [-0.15, -0.1) is 0 Å². The van der Waals surface area contributed by atoms with Crippen molar-refractivity contribution in [1.82, 2.24) is 5.32 Å². The maximum Gasteiger partial charge on any atom is 0.251 e. The molecule has 0 atom stereocenters. The van der Waals surface area contributed by atoms with Crippen LogP contribution in [0.3, 0.4) is 0 Å². The maximum absolute atomic E-state index is 11.9. The lowest BCUT2D eigenvalue weighted by atomic mass is 9.98. The van der Waals surface area contributed by atoms with Gasteiger partial charge in [-0.25, -0.2) is 0 Å². The summed E-state index contributed by atoms with van der Waals surface area (Å²) >= 11 is 12.6. The van der Waals surface area contributed by atoms with Crippen molar-refractivity contribution in [2.45, 2.75) is 13.3 Å². The van der Waals surface area contributed by atoms with Gasteiger partial charge in [-0.1, -0.05) is 47.5 Å². The number of hydrogen-bond donors (Lipinski definition) is 1. The average Bonchev–Trinajstić information content (AvgIpc) is 2.47. The molecule has 0 spiro atoms. The Bertz CT molecular complexity index is 653. The molecular formula is C16H15Cl2NO. The van der Waals surface area contributed by atoms with Crippen LogP contribution in [0.4, 0.5) is 0 Å². The second-order valence-electron chi connectivity index (χ2n) is 4.57. The Balaban J connectivity index is 2.46. The quantitative estimate of drug-likeness (QED) is 0.902. The molecule has 2 aromatic rings. The van der Waals surface area contributed by atoms with Crippen molar-refractivity contribution in [1.29, 1.82) is 0 Å². The minimum absolute atomic E-state index is 0.111. The van der Waals surface area contributed by atoms with Gasteiger partial charge in [0.15, 0.2) is 0 Å². The Morgan fingerprint density at radius 2 is 1.85 bits per heavy atom. The van der Waals surface area contributed by atoms with E-state index in [4.69, 9.17) is 23.2 Å². The number of rotatable bonds is 3. The van der Waals surface area contributed by atoms with Crippen molar-refractivity contribution in [3.05, 3.63) is 68.7 Å². The first-order valence-electron chi connectivity index (χ1n) is 6.28. The van der Waals surface area contributed by atoms with Crippen molar-refractivity contribution in [2.75, 3.05) is 7.05 Å². The molecule has 2 aromatic carbocycles. The molecule has 0 saturated heterocycles. The molecule has 0 aliphatic rings. The fourth-order valence-electron chi connectivity index (χ4n) is 2.10. The van der Waals surface area contributed by atoms with E-state index in [1.165, 1.54) is 0 Å². The van der Waals surface area contributed by atoms with E-state index < -0.39 is 0 Å². The second kappa shape index (κ2) is 6.29. The predicted octanol–water partition coefficient (Wildman–Crippen LogP) is 4.25. The van der Waals surface area contributed by atoms with Gasteiger partial charge in [-0.2, -0.15) is 0 Å². The first-order valence-corrected chi connectivity index (χ1v) is 7.03. The summed E-state index contributed by atoms with van der Waals surface area (Å²) in [6.07, 6.45) is 0.531. The van der Waals surface area contributed by atoms with Gasteiger partial charge >= 0.3 is 0 Å². The highest BCUT2D eigenvalue weighted by Crippen LogP contribution is 2.30. The second-order valence-corrected chi connectivity index (χ2v) is 5.36. The molecule has 4 heteroatoms. The van der Waals surface area contributed by atoms with Crippen LogP contribution in [0.2, 0.25) is 10.0 Å². The molecule has 0 aliphatic heterocycles. The fraction of sp³-hybridized carbons (Fsp3) is 0.188. The van der Waals surface area contributed by atoms with Crippen molar-refractivity contribution >= 4 is 29.1 Å². The molecule has 0 heterocycles. The summed E-state index contributed by atoms with van der Waals surface area (Å²) in [5.41, 5.74) is 3.37. The largest absolute Gasteiger partial charge is 0.355 e. The van der Waals surface area contributed by atoms with Gasteiger partial charge in [0.1, 0.15) is 0 Å². The zero-order chi connectivity index (χ0) is 14.7. The standard InChI is InChI=1S/C16H15Cl2NO/c1-10-7-8-14(17)13(15(10)18)9-11-5-3-4-6-12(11)16(20)19-2/h3-8H,9H2,1-2H3,(H,19,20). The third-order valence-corrected chi connectivity index (χ3v) is 4.12. The van der Waals surface area contributed by atoms with Gasteiger partial charge in [0, 0.05) is 29.1 Å². The van der Waals surface area contributed by atoms with E-state index in [1.807, 2.05) is 37.3 Å². The van der Waals surface area contributed by atoms with Crippen LogP contribution in [0.25, 0.3) is 0 Å². The van der Waals surface area contributed by atoms with Crippen molar-refractivity contribution in [3.63, 3.8) is 0 Å². The number of carbonyl (C=O) groups is 1. The number of hydrogen-bond acceptors (Lipinski definition) is 1. The molecule has 0 fully saturated rings. The molecule has 1 amide bonds. The highest BCUT2D eigenvalue weighted by Gasteiger charge is 2.14. The molecule has 104 valence electrons. The molecule has 0 aliphatic carbocycles. The number of benzene rings is 2. The van der Waals surface area contributed by atoms with Crippen LogP contribution in [0.5, 0.6) is 0 Å². The van der Waals surface area contributed by atoms with E-state index >= 15 is 0 Å². The van der Waals surface area contributed by atoms with E-state index in [1.54, 1.807) is 13.1 Å². The number of aryl methyl sites for hydroxylation is 1. The lowest BCUT2D eigenvalue weighted by Gasteiger charge is -2.12. The summed E-state index contributed by atoms with van der Waals surface area (Å²) in [5, 5.41) is 3.92. The third-order valence-electron chi connectivity index (χ3n) is 3.24. The topological polar surface area (TPSA) is 29.1 Å². The highest BCUT2D eigenvalue weighted by atomic mass is 35.5. The third kappa shape index (κ3) is 2.97. The zero-order valence-electron chi connectivity index (χ0n) is 11.3. The molecule has 2 rings (SSSR count). The fourth-order valence-corrected chi connectivity index (χ4v) is 2.60. The summed E-state index contributed by atoms with van der Waals surface area (Å²) in [6.45, 7) is 1.94. The number of nitrogens with one attached hydrogen (secondary N) is 1. The monoisotopic (exact) mass is 307 g/mol. The van der Waals surface area contributed by atoms with E-state index in [0.29, 0.717) is 22.0 Å². The van der Waals surface area contributed by atoms with Crippen LogP contribution in [0.1, 0.15) is 27.0 Å². The highest BCUT2D eigenvalue weighted by molar-refractivity contribution is 6.36.